The monoisotopic (exact) mass is 320 g/mol. The van der Waals surface area contributed by atoms with E-state index < -0.39 is 5.60 Å². The van der Waals surface area contributed by atoms with Gasteiger partial charge in [-0.15, -0.1) is 0 Å². The molecule has 0 aliphatic heterocycles. The van der Waals surface area contributed by atoms with Crippen LogP contribution in [-0.4, -0.2) is 30.9 Å². The second-order valence-electron chi connectivity index (χ2n) is 7.17. The lowest BCUT2D eigenvalue weighted by molar-refractivity contribution is 0.0521. The van der Waals surface area contributed by atoms with Gasteiger partial charge in [0, 0.05) is 17.8 Å². The van der Waals surface area contributed by atoms with Crippen LogP contribution in [0.25, 0.3) is 0 Å². The van der Waals surface area contributed by atoms with Crippen LogP contribution in [0.5, 0.6) is 5.75 Å². The lowest BCUT2D eigenvalue weighted by atomic mass is 9.74. The summed E-state index contributed by atoms with van der Waals surface area (Å²) in [5, 5.41) is 6.46. The van der Waals surface area contributed by atoms with Crippen LogP contribution in [0, 0.1) is 0 Å². The van der Waals surface area contributed by atoms with E-state index in [0.29, 0.717) is 6.54 Å². The molecule has 1 fully saturated rings. The zero-order valence-electron chi connectivity index (χ0n) is 14.6. The highest BCUT2D eigenvalue weighted by atomic mass is 16.6. The molecule has 0 aromatic heterocycles. The first-order chi connectivity index (χ1) is 10.8. The molecular formula is C18H28N2O3. The molecule has 23 heavy (non-hydrogen) atoms. The van der Waals surface area contributed by atoms with Crippen molar-refractivity contribution in [1.82, 2.24) is 5.32 Å². The Morgan fingerprint density at radius 3 is 2.35 bits per heavy atom. The number of rotatable bonds is 6. The van der Waals surface area contributed by atoms with Crippen molar-refractivity contribution in [3.8, 4) is 5.75 Å². The minimum atomic E-state index is -0.459. The average molecular weight is 320 g/mol. The molecule has 0 heterocycles. The summed E-state index contributed by atoms with van der Waals surface area (Å²) in [4.78, 5) is 11.7. The summed E-state index contributed by atoms with van der Waals surface area (Å²) in [7, 11) is 1.66. The summed E-state index contributed by atoms with van der Waals surface area (Å²) >= 11 is 0. The molecule has 128 valence electrons. The van der Waals surface area contributed by atoms with Gasteiger partial charge in [-0.2, -0.15) is 0 Å². The van der Waals surface area contributed by atoms with Crippen LogP contribution in [0.4, 0.5) is 10.5 Å². The lowest BCUT2D eigenvalue weighted by Gasteiger charge is -2.43. The van der Waals surface area contributed by atoms with Crippen LogP contribution in [0.3, 0.4) is 0 Å². The minimum absolute atomic E-state index is 0.0730. The van der Waals surface area contributed by atoms with E-state index in [4.69, 9.17) is 9.47 Å². The van der Waals surface area contributed by atoms with E-state index in [1.807, 2.05) is 45.0 Å². The first kappa shape index (κ1) is 17.4. The van der Waals surface area contributed by atoms with Gasteiger partial charge >= 0.3 is 6.09 Å². The Morgan fingerprint density at radius 2 is 1.87 bits per heavy atom. The zero-order valence-corrected chi connectivity index (χ0v) is 14.6. The summed E-state index contributed by atoms with van der Waals surface area (Å²) in [5.74, 6) is 0.852. The number of ether oxygens (including phenoxy) is 2. The molecular weight excluding hydrogens is 292 g/mol. The molecule has 2 N–H and O–H groups in total. The molecule has 0 unspecified atom stereocenters. The second-order valence-corrected chi connectivity index (χ2v) is 7.17. The summed E-state index contributed by atoms with van der Waals surface area (Å²) in [6, 6.07) is 7.96. The molecule has 0 bridgehead atoms. The van der Waals surface area contributed by atoms with Gasteiger partial charge in [0.25, 0.3) is 0 Å². The van der Waals surface area contributed by atoms with E-state index in [2.05, 4.69) is 10.6 Å². The maximum Gasteiger partial charge on any atom is 0.407 e. The fraction of sp³-hybridized carbons (Fsp3) is 0.611. The number of carbonyl (C=O) groups excluding carboxylic acids is 1. The normalized spacial score (nSPS) is 16.2. The molecule has 1 saturated carbocycles. The number of methoxy groups -OCH3 is 1. The first-order valence-corrected chi connectivity index (χ1v) is 8.21. The number of amides is 1. The molecule has 0 atom stereocenters. The molecule has 0 saturated heterocycles. The third kappa shape index (κ3) is 5.34. The van der Waals surface area contributed by atoms with Gasteiger partial charge in [-0.3, -0.25) is 0 Å². The Kier molecular flexibility index (Phi) is 5.39. The van der Waals surface area contributed by atoms with Gasteiger partial charge < -0.3 is 20.1 Å². The molecule has 5 heteroatoms. The third-order valence-corrected chi connectivity index (χ3v) is 4.08. The molecule has 2 rings (SSSR count). The minimum Gasteiger partial charge on any atom is -0.497 e. The summed E-state index contributed by atoms with van der Waals surface area (Å²) in [5.41, 5.74) is 0.700. The standard InChI is InChI=1S/C18H28N2O3/c1-17(2,3)23-16(21)19-13-12-18(10-5-11-18)20-14-6-8-15(22-4)9-7-14/h6-9,20H,5,10-13H2,1-4H3,(H,19,21). The second kappa shape index (κ2) is 7.11. The maximum absolute atomic E-state index is 11.7. The quantitative estimate of drug-likeness (QED) is 0.833. The fourth-order valence-corrected chi connectivity index (χ4v) is 2.74. The molecule has 1 aromatic rings. The van der Waals surface area contributed by atoms with Crippen molar-refractivity contribution in [2.24, 2.45) is 0 Å². The Hall–Kier alpha value is -1.91. The van der Waals surface area contributed by atoms with Crippen molar-refractivity contribution in [3.63, 3.8) is 0 Å². The molecule has 1 aliphatic rings. The predicted octanol–water partition coefficient (Wildman–Crippen LogP) is 3.94. The molecule has 1 aromatic carbocycles. The van der Waals surface area contributed by atoms with Crippen molar-refractivity contribution in [2.75, 3.05) is 19.0 Å². The average Bonchev–Trinajstić information content (AvgIpc) is 2.43. The van der Waals surface area contributed by atoms with Gasteiger partial charge in [-0.05, 0) is 70.7 Å². The van der Waals surface area contributed by atoms with Crippen molar-refractivity contribution in [3.05, 3.63) is 24.3 Å². The van der Waals surface area contributed by atoms with Crippen LogP contribution in [0.15, 0.2) is 24.3 Å². The SMILES string of the molecule is COc1ccc(NC2(CCNC(=O)OC(C)(C)C)CCC2)cc1. The van der Waals surface area contributed by atoms with Crippen LogP contribution in [0.1, 0.15) is 46.5 Å². The highest BCUT2D eigenvalue weighted by Crippen LogP contribution is 2.38. The van der Waals surface area contributed by atoms with E-state index in [0.717, 1.165) is 30.7 Å². The largest absolute Gasteiger partial charge is 0.497 e. The van der Waals surface area contributed by atoms with Gasteiger partial charge in [0.05, 0.1) is 7.11 Å². The Labute approximate surface area is 138 Å². The Bertz CT molecular complexity index is 516. The van der Waals surface area contributed by atoms with Crippen LogP contribution >= 0.6 is 0 Å². The highest BCUT2D eigenvalue weighted by molar-refractivity contribution is 5.67. The fourth-order valence-electron chi connectivity index (χ4n) is 2.74. The van der Waals surface area contributed by atoms with E-state index in [1.165, 1.54) is 6.42 Å². The summed E-state index contributed by atoms with van der Waals surface area (Å²) < 4.78 is 10.4. The van der Waals surface area contributed by atoms with Crippen molar-refractivity contribution >= 4 is 11.8 Å². The Morgan fingerprint density at radius 1 is 1.22 bits per heavy atom. The number of hydrogen-bond donors (Lipinski definition) is 2. The molecule has 5 nitrogen and oxygen atoms in total. The lowest BCUT2D eigenvalue weighted by Crippen LogP contribution is -2.47. The van der Waals surface area contributed by atoms with Gasteiger partial charge in [0.1, 0.15) is 11.4 Å². The number of hydrogen-bond acceptors (Lipinski definition) is 4. The van der Waals surface area contributed by atoms with E-state index in [1.54, 1.807) is 7.11 Å². The number of anilines is 1. The van der Waals surface area contributed by atoms with Crippen LogP contribution < -0.4 is 15.4 Å². The number of carbonyl (C=O) groups is 1. The molecule has 1 aliphatic carbocycles. The smallest absolute Gasteiger partial charge is 0.407 e. The predicted molar refractivity (Wildman–Crippen MR) is 92.1 cm³/mol. The van der Waals surface area contributed by atoms with Gasteiger partial charge in [-0.25, -0.2) is 4.79 Å². The van der Waals surface area contributed by atoms with Crippen molar-refractivity contribution < 1.29 is 14.3 Å². The Balaban J connectivity index is 1.82. The maximum atomic E-state index is 11.7. The number of nitrogens with one attached hydrogen (secondary N) is 2. The van der Waals surface area contributed by atoms with Crippen molar-refractivity contribution in [1.29, 1.82) is 0 Å². The molecule has 1 amide bonds. The van der Waals surface area contributed by atoms with Crippen molar-refractivity contribution in [2.45, 2.75) is 57.6 Å². The zero-order chi connectivity index (χ0) is 16.9. The number of alkyl carbamates (subject to hydrolysis) is 1. The van der Waals surface area contributed by atoms with Gasteiger partial charge in [0.15, 0.2) is 0 Å². The van der Waals surface area contributed by atoms with Gasteiger partial charge in [0.2, 0.25) is 0 Å². The number of benzene rings is 1. The highest BCUT2D eigenvalue weighted by Gasteiger charge is 2.36. The van der Waals surface area contributed by atoms with E-state index in [9.17, 15) is 4.79 Å². The van der Waals surface area contributed by atoms with Crippen LogP contribution in [0.2, 0.25) is 0 Å². The van der Waals surface area contributed by atoms with E-state index >= 15 is 0 Å². The molecule has 0 radical (unpaired) electrons. The van der Waals surface area contributed by atoms with Gasteiger partial charge in [-0.1, -0.05) is 0 Å². The van der Waals surface area contributed by atoms with Crippen LogP contribution in [-0.2, 0) is 4.74 Å². The topological polar surface area (TPSA) is 59.6 Å². The molecule has 0 spiro atoms. The summed E-state index contributed by atoms with van der Waals surface area (Å²) in [6.45, 7) is 6.21. The summed E-state index contributed by atoms with van der Waals surface area (Å²) in [6.07, 6.45) is 3.99. The first-order valence-electron chi connectivity index (χ1n) is 8.21. The van der Waals surface area contributed by atoms with E-state index in [-0.39, 0.29) is 11.6 Å². The third-order valence-electron chi connectivity index (χ3n) is 4.08.